The van der Waals surface area contributed by atoms with E-state index >= 15 is 0 Å². The molecule has 0 spiro atoms. The maximum Gasteiger partial charge on any atom is 0.0894 e. The lowest BCUT2D eigenvalue weighted by atomic mass is 10.0. The number of aliphatic hydroxyl groups excluding tert-OH is 2. The van der Waals surface area contributed by atoms with Gasteiger partial charge in [0.2, 0.25) is 0 Å². The fourth-order valence-electron chi connectivity index (χ4n) is 2.15. The van der Waals surface area contributed by atoms with Crippen LogP contribution in [0.5, 0.6) is 0 Å². The summed E-state index contributed by atoms with van der Waals surface area (Å²) in [7, 11) is 0. The monoisotopic (exact) mass is 201 g/mol. The van der Waals surface area contributed by atoms with Crippen LogP contribution in [0.3, 0.4) is 0 Å². The van der Waals surface area contributed by atoms with Crippen LogP contribution in [0.15, 0.2) is 0 Å². The van der Waals surface area contributed by atoms with Gasteiger partial charge in [0.05, 0.1) is 12.7 Å². The molecule has 0 radical (unpaired) electrons. The van der Waals surface area contributed by atoms with E-state index in [9.17, 15) is 0 Å². The minimum Gasteiger partial charge on any atom is -0.394 e. The molecule has 3 heteroatoms. The molecule has 3 nitrogen and oxygen atoms in total. The molecule has 0 aliphatic heterocycles. The highest BCUT2D eigenvalue weighted by molar-refractivity contribution is 4.67. The van der Waals surface area contributed by atoms with Crippen molar-refractivity contribution in [3.05, 3.63) is 0 Å². The van der Waals surface area contributed by atoms with Crippen LogP contribution in [0.2, 0.25) is 0 Å². The smallest absolute Gasteiger partial charge is 0.0894 e. The Labute approximate surface area is 86.5 Å². The largest absolute Gasteiger partial charge is 0.394 e. The summed E-state index contributed by atoms with van der Waals surface area (Å²) >= 11 is 0. The Balaban J connectivity index is 1.84. The Morgan fingerprint density at radius 2 is 2.00 bits per heavy atom. The average molecular weight is 201 g/mol. The molecule has 3 N–H and O–H groups in total. The van der Waals surface area contributed by atoms with Crippen molar-refractivity contribution in [2.45, 2.75) is 44.6 Å². The van der Waals surface area contributed by atoms with Gasteiger partial charge in [-0.15, -0.1) is 0 Å². The van der Waals surface area contributed by atoms with Crippen molar-refractivity contribution >= 4 is 0 Å². The Morgan fingerprint density at radius 1 is 1.29 bits per heavy atom. The predicted octanol–water partition coefficient (Wildman–Crippen LogP) is 0.900. The van der Waals surface area contributed by atoms with E-state index in [2.05, 4.69) is 5.32 Å². The third-order valence-electron chi connectivity index (χ3n) is 3.03. The van der Waals surface area contributed by atoms with Crippen LogP contribution in [0, 0.1) is 5.92 Å². The molecule has 0 saturated heterocycles. The number of rotatable bonds is 7. The SMILES string of the molecule is OCC(O)CNCCCC1CCCC1. The summed E-state index contributed by atoms with van der Waals surface area (Å²) in [6.07, 6.45) is 7.59. The van der Waals surface area contributed by atoms with E-state index in [1.165, 1.54) is 38.5 Å². The highest BCUT2D eigenvalue weighted by Gasteiger charge is 2.13. The Bertz CT molecular complexity index is 135. The topological polar surface area (TPSA) is 52.5 Å². The highest BCUT2D eigenvalue weighted by Crippen LogP contribution is 2.28. The first kappa shape index (κ1) is 12.0. The van der Waals surface area contributed by atoms with Gasteiger partial charge in [0.1, 0.15) is 0 Å². The van der Waals surface area contributed by atoms with Crippen LogP contribution in [0.4, 0.5) is 0 Å². The van der Waals surface area contributed by atoms with Gasteiger partial charge in [0.15, 0.2) is 0 Å². The molecule has 1 aliphatic rings. The molecule has 0 aromatic carbocycles. The quantitative estimate of drug-likeness (QED) is 0.536. The second-order valence-electron chi connectivity index (χ2n) is 4.33. The van der Waals surface area contributed by atoms with Gasteiger partial charge in [0.25, 0.3) is 0 Å². The molecule has 0 aromatic heterocycles. The molecule has 0 bridgehead atoms. The summed E-state index contributed by atoms with van der Waals surface area (Å²) in [5.41, 5.74) is 0. The van der Waals surface area contributed by atoms with E-state index in [1.54, 1.807) is 0 Å². The van der Waals surface area contributed by atoms with Crippen molar-refractivity contribution in [1.82, 2.24) is 5.32 Å². The lowest BCUT2D eigenvalue weighted by Crippen LogP contribution is -2.30. The number of aliphatic hydroxyl groups is 2. The standard InChI is InChI=1S/C11H23NO2/c13-9-11(14)8-12-7-3-6-10-4-1-2-5-10/h10-14H,1-9H2. The summed E-state index contributed by atoms with van der Waals surface area (Å²) in [5, 5.41) is 20.8. The zero-order valence-corrected chi connectivity index (χ0v) is 8.91. The van der Waals surface area contributed by atoms with E-state index in [1.807, 2.05) is 0 Å². The first-order chi connectivity index (χ1) is 6.83. The molecule has 84 valence electrons. The normalized spacial score (nSPS) is 20.1. The molecular weight excluding hydrogens is 178 g/mol. The van der Waals surface area contributed by atoms with Gasteiger partial charge in [-0.2, -0.15) is 0 Å². The van der Waals surface area contributed by atoms with E-state index < -0.39 is 6.10 Å². The Morgan fingerprint density at radius 3 is 2.64 bits per heavy atom. The highest BCUT2D eigenvalue weighted by atomic mass is 16.3. The molecule has 0 heterocycles. The summed E-state index contributed by atoms with van der Waals surface area (Å²) in [6.45, 7) is 1.34. The van der Waals surface area contributed by atoms with Crippen molar-refractivity contribution in [2.75, 3.05) is 19.7 Å². The van der Waals surface area contributed by atoms with Crippen molar-refractivity contribution < 1.29 is 10.2 Å². The summed E-state index contributed by atoms with van der Waals surface area (Å²) in [4.78, 5) is 0. The van der Waals surface area contributed by atoms with Gasteiger partial charge in [-0.3, -0.25) is 0 Å². The predicted molar refractivity (Wildman–Crippen MR) is 57.2 cm³/mol. The minimum absolute atomic E-state index is 0.143. The van der Waals surface area contributed by atoms with E-state index in [0.717, 1.165) is 12.5 Å². The maximum absolute atomic E-state index is 9.06. The third kappa shape index (κ3) is 4.94. The molecule has 1 rings (SSSR count). The fraction of sp³-hybridized carbons (Fsp3) is 1.00. The zero-order chi connectivity index (χ0) is 10.2. The van der Waals surface area contributed by atoms with Crippen molar-refractivity contribution in [3.8, 4) is 0 Å². The van der Waals surface area contributed by atoms with Crippen LogP contribution in [0.1, 0.15) is 38.5 Å². The number of hydrogen-bond acceptors (Lipinski definition) is 3. The lowest BCUT2D eigenvalue weighted by Gasteiger charge is -2.10. The molecular formula is C11H23NO2. The Hall–Kier alpha value is -0.120. The summed E-state index contributed by atoms with van der Waals surface area (Å²) in [6, 6.07) is 0. The van der Waals surface area contributed by atoms with Crippen LogP contribution >= 0.6 is 0 Å². The van der Waals surface area contributed by atoms with E-state index in [-0.39, 0.29) is 6.61 Å². The van der Waals surface area contributed by atoms with Gasteiger partial charge >= 0.3 is 0 Å². The molecule has 0 amide bonds. The molecule has 0 aromatic rings. The van der Waals surface area contributed by atoms with Gasteiger partial charge in [-0.1, -0.05) is 25.7 Å². The molecule has 1 saturated carbocycles. The lowest BCUT2D eigenvalue weighted by molar-refractivity contribution is 0.0944. The second kappa shape index (κ2) is 7.21. The van der Waals surface area contributed by atoms with Crippen LogP contribution in [-0.2, 0) is 0 Å². The third-order valence-corrected chi connectivity index (χ3v) is 3.03. The summed E-state index contributed by atoms with van der Waals surface area (Å²) < 4.78 is 0. The van der Waals surface area contributed by atoms with Crippen molar-refractivity contribution in [1.29, 1.82) is 0 Å². The van der Waals surface area contributed by atoms with Gasteiger partial charge in [-0.05, 0) is 25.3 Å². The zero-order valence-electron chi connectivity index (χ0n) is 8.91. The molecule has 1 atom stereocenters. The summed E-state index contributed by atoms with van der Waals surface area (Å²) in [5.74, 6) is 0.958. The molecule has 1 fully saturated rings. The first-order valence-electron chi connectivity index (χ1n) is 5.82. The van der Waals surface area contributed by atoms with E-state index in [0.29, 0.717) is 6.54 Å². The fourth-order valence-corrected chi connectivity index (χ4v) is 2.15. The van der Waals surface area contributed by atoms with Crippen LogP contribution in [-0.4, -0.2) is 36.0 Å². The number of nitrogens with one attached hydrogen (secondary N) is 1. The maximum atomic E-state index is 9.06. The van der Waals surface area contributed by atoms with Crippen LogP contribution in [0.25, 0.3) is 0 Å². The second-order valence-corrected chi connectivity index (χ2v) is 4.33. The van der Waals surface area contributed by atoms with E-state index in [4.69, 9.17) is 10.2 Å². The van der Waals surface area contributed by atoms with Gasteiger partial charge < -0.3 is 15.5 Å². The van der Waals surface area contributed by atoms with Crippen LogP contribution < -0.4 is 5.32 Å². The van der Waals surface area contributed by atoms with Crippen molar-refractivity contribution in [3.63, 3.8) is 0 Å². The van der Waals surface area contributed by atoms with Gasteiger partial charge in [-0.25, -0.2) is 0 Å². The molecule has 14 heavy (non-hydrogen) atoms. The number of hydrogen-bond donors (Lipinski definition) is 3. The first-order valence-corrected chi connectivity index (χ1v) is 5.82. The molecule has 1 unspecified atom stereocenters. The van der Waals surface area contributed by atoms with Crippen molar-refractivity contribution in [2.24, 2.45) is 5.92 Å². The van der Waals surface area contributed by atoms with Gasteiger partial charge in [0, 0.05) is 6.54 Å². The Kier molecular flexibility index (Phi) is 6.15. The average Bonchev–Trinajstić information content (AvgIpc) is 2.69. The minimum atomic E-state index is -0.596. The molecule has 1 aliphatic carbocycles.